The van der Waals surface area contributed by atoms with Crippen molar-refractivity contribution in [3.63, 3.8) is 0 Å². The summed E-state index contributed by atoms with van der Waals surface area (Å²) < 4.78 is 6.18. The smallest absolute Gasteiger partial charge is 0.236 e. The summed E-state index contributed by atoms with van der Waals surface area (Å²) in [7, 11) is -1.55. The Labute approximate surface area is 86.6 Å². The van der Waals surface area contributed by atoms with Crippen LogP contribution in [0.1, 0.15) is 26.2 Å². The Morgan fingerprint density at radius 2 is 2.21 bits per heavy atom. The van der Waals surface area contributed by atoms with Crippen LogP contribution in [0.5, 0.6) is 0 Å². The van der Waals surface area contributed by atoms with Crippen LogP contribution in [-0.2, 0) is 9.26 Å². The lowest BCUT2D eigenvalue weighted by Crippen LogP contribution is -2.45. The molecule has 0 bridgehead atoms. The third-order valence-electron chi connectivity index (χ3n) is 2.88. The number of oxime groups is 1. The molecule has 0 aromatic carbocycles. The van der Waals surface area contributed by atoms with Gasteiger partial charge < -0.3 is 9.26 Å². The molecule has 4 heteroatoms. The fourth-order valence-corrected chi connectivity index (χ4v) is 3.77. The second kappa shape index (κ2) is 3.07. The van der Waals surface area contributed by atoms with Gasteiger partial charge in [0.15, 0.2) is 8.32 Å². The van der Waals surface area contributed by atoms with Crippen LogP contribution in [0.25, 0.3) is 0 Å². The Morgan fingerprint density at radius 1 is 1.50 bits per heavy atom. The Kier molecular flexibility index (Phi) is 2.23. The van der Waals surface area contributed by atoms with Gasteiger partial charge in [0.1, 0.15) is 0 Å². The first-order valence-corrected chi connectivity index (χ1v) is 8.77. The summed E-state index contributed by atoms with van der Waals surface area (Å²) in [6.45, 7) is 8.65. The van der Waals surface area contributed by atoms with Crippen LogP contribution in [0, 0.1) is 5.92 Å². The maximum atomic E-state index is 6.18. The third-order valence-corrected chi connectivity index (χ3v) is 3.83. The first-order chi connectivity index (χ1) is 6.43. The van der Waals surface area contributed by atoms with Crippen molar-refractivity contribution < 1.29 is 9.26 Å². The van der Waals surface area contributed by atoms with Crippen molar-refractivity contribution in [3.8, 4) is 0 Å². The molecule has 80 valence electrons. The van der Waals surface area contributed by atoms with Crippen LogP contribution in [0.4, 0.5) is 0 Å². The molecule has 1 aliphatic heterocycles. The minimum atomic E-state index is -1.55. The molecule has 0 saturated heterocycles. The van der Waals surface area contributed by atoms with E-state index in [1.807, 2.05) is 6.92 Å². The standard InChI is InChI=1S/C10H19NO2Si/c1-8-9-6-5-7-10(9,12-11-8)13-14(2,3)4/h9H,5-7H2,1-4H3. The Bertz CT molecular complexity index is 272. The van der Waals surface area contributed by atoms with E-state index < -0.39 is 8.32 Å². The zero-order valence-electron chi connectivity index (χ0n) is 9.46. The lowest BCUT2D eigenvalue weighted by atomic mass is 9.99. The maximum absolute atomic E-state index is 6.18. The number of rotatable bonds is 2. The largest absolute Gasteiger partial charge is 0.380 e. The first-order valence-electron chi connectivity index (χ1n) is 5.36. The molecule has 2 atom stereocenters. The van der Waals surface area contributed by atoms with E-state index in [-0.39, 0.29) is 5.79 Å². The summed E-state index contributed by atoms with van der Waals surface area (Å²) >= 11 is 0. The molecule has 0 spiro atoms. The van der Waals surface area contributed by atoms with Gasteiger partial charge in [-0.3, -0.25) is 0 Å². The van der Waals surface area contributed by atoms with Crippen LogP contribution in [0.15, 0.2) is 5.16 Å². The predicted molar refractivity (Wildman–Crippen MR) is 58.7 cm³/mol. The van der Waals surface area contributed by atoms with Gasteiger partial charge in [0.2, 0.25) is 5.79 Å². The monoisotopic (exact) mass is 213 g/mol. The quantitative estimate of drug-likeness (QED) is 0.660. The molecule has 1 saturated carbocycles. The Balaban J connectivity index is 2.17. The van der Waals surface area contributed by atoms with E-state index in [1.54, 1.807) is 0 Å². The average Bonchev–Trinajstić information content (AvgIpc) is 2.50. The highest BCUT2D eigenvalue weighted by Crippen LogP contribution is 2.45. The maximum Gasteiger partial charge on any atom is 0.236 e. The third kappa shape index (κ3) is 1.61. The van der Waals surface area contributed by atoms with Gasteiger partial charge in [-0.05, 0) is 39.4 Å². The SMILES string of the molecule is CC1=NOC2(O[Si](C)(C)C)CCCC12. The molecule has 0 amide bonds. The molecular formula is C10H19NO2Si. The highest BCUT2D eigenvalue weighted by atomic mass is 28.4. The van der Waals surface area contributed by atoms with E-state index in [4.69, 9.17) is 9.26 Å². The van der Waals surface area contributed by atoms with Crippen molar-refractivity contribution in [1.29, 1.82) is 0 Å². The van der Waals surface area contributed by atoms with E-state index in [9.17, 15) is 0 Å². The highest BCUT2D eigenvalue weighted by molar-refractivity contribution is 6.69. The lowest BCUT2D eigenvalue weighted by Gasteiger charge is -2.33. The van der Waals surface area contributed by atoms with E-state index in [0.717, 1.165) is 12.1 Å². The molecule has 1 aliphatic carbocycles. The molecule has 1 heterocycles. The van der Waals surface area contributed by atoms with Gasteiger partial charge in [-0.25, -0.2) is 0 Å². The molecule has 3 nitrogen and oxygen atoms in total. The van der Waals surface area contributed by atoms with Gasteiger partial charge in [-0.2, -0.15) is 0 Å². The number of nitrogens with zero attached hydrogens (tertiary/aromatic N) is 1. The molecule has 0 aromatic heterocycles. The summed E-state index contributed by atoms with van der Waals surface area (Å²) in [6, 6.07) is 0. The van der Waals surface area contributed by atoms with Crippen LogP contribution >= 0.6 is 0 Å². The Hall–Kier alpha value is -0.353. The first kappa shape index (κ1) is 10.2. The fraction of sp³-hybridized carbons (Fsp3) is 0.900. The Morgan fingerprint density at radius 3 is 2.86 bits per heavy atom. The molecule has 14 heavy (non-hydrogen) atoms. The molecular weight excluding hydrogens is 194 g/mol. The molecule has 0 aromatic rings. The van der Waals surface area contributed by atoms with E-state index in [2.05, 4.69) is 24.8 Å². The summed E-state index contributed by atoms with van der Waals surface area (Å²) in [5.74, 6) is 0.0309. The van der Waals surface area contributed by atoms with Gasteiger partial charge in [0.25, 0.3) is 0 Å². The zero-order valence-corrected chi connectivity index (χ0v) is 10.5. The zero-order chi connectivity index (χ0) is 10.4. The number of hydrogen-bond donors (Lipinski definition) is 0. The summed E-state index contributed by atoms with van der Waals surface area (Å²) in [5, 5.41) is 4.09. The van der Waals surface area contributed by atoms with Gasteiger partial charge in [-0.15, -0.1) is 0 Å². The fourth-order valence-electron chi connectivity index (χ4n) is 2.46. The van der Waals surface area contributed by atoms with Crippen LogP contribution in [-0.4, -0.2) is 19.8 Å². The van der Waals surface area contributed by atoms with E-state index >= 15 is 0 Å². The number of fused-ring (bicyclic) bond motifs is 1. The van der Waals surface area contributed by atoms with Crippen molar-refractivity contribution >= 4 is 14.0 Å². The summed E-state index contributed by atoms with van der Waals surface area (Å²) in [4.78, 5) is 5.55. The highest BCUT2D eigenvalue weighted by Gasteiger charge is 2.53. The second-order valence-corrected chi connectivity index (χ2v) is 9.72. The van der Waals surface area contributed by atoms with Crippen molar-refractivity contribution in [2.75, 3.05) is 0 Å². The average molecular weight is 213 g/mol. The predicted octanol–water partition coefficient (Wildman–Crippen LogP) is 2.74. The van der Waals surface area contributed by atoms with E-state index in [0.29, 0.717) is 5.92 Å². The lowest BCUT2D eigenvalue weighted by molar-refractivity contribution is -0.182. The topological polar surface area (TPSA) is 30.8 Å². The van der Waals surface area contributed by atoms with Gasteiger partial charge >= 0.3 is 0 Å². The van der Waals surface area contributed by atoms with Crippen LogP contribution in [0.3, 0.4) is 0 Å². The molecule has 2 rings (SSSR count). The van der Waals surface area contributed by atoms with Gasteiger partial charge in [0.05, 0.1) is 11.6 Å². The van der Waals surface area contributed by atoms with Crippen LogP contribution in [0.2, 0.25) is 19.6 Å². The van der Waals surface area contributed by atoms with Crippen molar-refractivity contribution in [1.82, 2.24) is 0 Å². The molecule has 1 fully saturated rings. The molecule has 2 aliphatic rings. The van der Waals surface area contributed by atoms with Gasteiger partial charge in [0, 0.05) is 6.42 Å². The summed E-state index contributed by atoms with van der Waals surface area (Å²) in [5.41, 5.74) is 1.11. The molecule has 0 N–H and O–H groups in total. The minimum Gasteiger partial charge on any atom is -0.380 e. The van der Waals surface area contributed by atoms with Crippen molar-refractivity contribution in [3.05, 3.63) is 0 Å². The second-order valence-electron chi connectivity index (χ2n) is 5.30. The van der Waals surface area contributed by atoms with Crippen molar-refractivity contribution in [2.45, 2.75) is 51.6 Å². The van der Waals surface area contributed by atoms with E-state index in [1.165, 1.54) is 12.8 Å². The van der Waals surface area contributed by atoms with Crippen LogP contribution < -0.4 is 0 Å². The van der Waals surface area contributed by atoms with Crippen molar-refractivity contribution in [2.24, 2.45) is 11.1 Å². The van der Waals surface area contributed by atoms with Gasteiger partial charge in [-0.1, -0.05) is 5.16 Å². The normalized spacial score (nSPS) is 36.6. The number of hydrogen-bond acceptors (Lipinski definition) is 3. The minimum absolute atomic E-state index is 0.380. The molecule has 0 radical (unpaired) electrons. The molecule has 2 unspecified atom stereocenters. The summed E-state index contributed by atoms with van der Waals surface area (Å²) in [6.07, 6.45) is 3.37.